The van der Waals surface area contributed by atoms with E-state index in [0.717, 1.165) is 25.8 Å². The van der Waals surface area contributed by atoms with E-state index in [9.17, 15) is 0 Å². The molecule has 0 aliphatic rings. The van der Waals surface area contributed by atoms with Crippen molar-refractivity contribution in [2.75, 3.05) is 13.7 Å². The van der Waals surface area contributed by atoms with Gasteiger partial charge in [0, 0.05) is 30.6 Å². The molecule has 0 aliphatic heterocycles. The Morgan fingerprint density at radius 2 is 2.29 bits per heavy atom. The number of aromatic nitrogens is 1. The Hall–Kier alpha value is -0.450. The fourth-order valence-electron chi connectivity index (χ4n) is 1.90. The van der Waals surface area contributed by atoms with Gasteiger partial charge in [0.1, 0.15) is 0 Å². The smallest absolute Gasteiger partial charge is 0.0803 e. The molecule has 0 saturated heterocycles. The predicted molar refractivity (Wildman–Crippen MR) is 73.6 cm³/mol. The second-order valence-electron chi connectivity index (χ2n) is 4.55. The van der Waals surface area contributed by atoms with Crippen LogP contribution in [-0.2, 0) is 11.2 Å². The van der Waals surface area contributed by atoms with E-state index in [1.807, 2.05) is 11.7 Å². The van der Waals surface area contributed by atoms with Crippen LogP contribution in [0.4, 0.5) is 0 Å². The van der Waals surface area contributed by atoms with Crippen LogP contribution in [0.1, 0.15) is 38.5 Å². The maximum Gasteiger partial charge on any atom is 0.0803 e. The van der Waals surface area contributed by atoms with Crippen molar-refractivity contribution in [2.45, 2.75) is 51.7 Å². The van der Waals surface area contributed by atoms with E-state index in [0.29, 0.717) is 6.04 Å². The number of hydrogen-bond donors (Lipinski definition) is 1. The van der Waals surface area contributed by atoms with Crippen molar-refractivity contribution >= 4 is 11.3 Å². The number of nitrogens with zero attached hydrogens (tertiary/aromatic N) is 1. The summed E-state index contributed by atoms with van der Waals surface area (Å²) in [5.41, 5.74) is 1.78. The van der Waals surface area contributed by atoms with Gasteiger partial charge in [-0.05, 0) is 26.3 Å². The predicted octanol–water partition coefficient (Wildman–Crippen LogP) is 2.87. The summed E-state index contributed by atoms with van der Waals surface area (Å²) in [5, 5.41) is 3.60. The quantitative estimate of drug-likeness (QED) is 0.776. The molecule has 98 valence electrons. The van der Waals surface area contributed by atoms with Crippen LogP contribution >= 0.6 is 11.3 Å². The lowest BCUT2D eigenvalue weighted by atomic mass is 9.90. The lowest BCUT2D eigenvalue weighted by molar-refractivity contribution is -0.0285. The topological polar surface area (TPSA) is 34.2 Å². The third-order valence-corrected chi connectivity index (χ3v) is 4.24. The zero-order valence-corrected chi connectivity index (χ0v) is 12.1. The summed E-state index contributed by atoms with van der Waals surface area (Å²) in [6.07, 6.45) is 5.09. The third-order valence-electron chi connectivity index (χ3n) is 3.43. The van der Waals surface area contributed by atoms with Crippen molar-refractivity contribution in [3.8, 4) is 0 Å². The van der Waals surface area contributed by atoms with Gasteiger partial charge in [-0.3, -0.25) is 4.98 Å². The first-order valence-electron chi connectivity index (χ1n) is 6.32. The third kappa shape index (κ3) is 4.05. The molecule has 3 nitrogen and oxygen atoms in total. The van der Waals surface area contributed by atoms with Crippen molar-refractivity contribution in [2.24, 2.45) is 0 Å². The molecule has 1 rings (SSSR count). The maximum atomic E-state index is 5.72. The van der Waals surface area contributed by atoms with E-state index in [-0.39, 0.29) is 5.60 Å². The minimum atomic E-state index is -0.112. The van der Waals surface area contributed by atoms with Crippen molar-refractivity contribution < 1.29 is 4.74 Å². The summed E-state index contributed by atoms with van der Waals surface area (Å²) >= 11 is 1.72. The zero-order valence-electron chi connectivity index (χ0n) is 11.3. The van der Waals surface area contributed by atoms with Gasteiger partial charge in [-0.25, -0.2) is 0 Å². The van der Waals surface area contributed by atoms with Crippen LogP contribution in [0.5, 0.6) is 0 Å². The fraction of sp³-hybridized carbons (Fsp3) is 0.769. The van der Waals surface area contributed by atoms with E-state index in [4.69, 9.17) is 4.74 Å². The molecule has 0 radical (unpaired) electrons. The first-order chi connectivity index (χ1) is 8.16. The molecule has 0 aromatic carbocycles. The van der Waals surface area contributed by atoms with Crippen LogP contribution < -0.4 is 5.32 Å². The van der Waals surface area contributed by atoms with Gasteiger partial charge in [0.05, 0.1) is 11.1 Å². The highest BCUT2D eigenvalue weighted by Gasteiger charge is 2.32. The van der Waals surface area contributed by atoms with E-state index >= 15 is 0 Å². The molecule has 0 saturated carbocycles. The van der Waals surface area contributed by atoms with Crippen LogP contribution in [-0.4, -0.2) is 30.3 Å². The molecule has 0 bridgehead atoms. The van der Waals surface area contributed by atoms with Gasteiger partial charge < -0.3 is 10.1 Å². The van der Waals surface area contributed by atoms with Gasteiger partial charge in [0.25, 0.3) is 0 Å². The molecule has 1 aromatic rings. The number of nitrogens with one attached hydrogen (secondary N) is 1. The Morgan fingerprint density at radius 3 is 2.76 bits per heavy atom. The van der Waals surface area contributed by atoms with Gasteiger partial charge in [-0.1, -0.05) is 13.8 Å². The van der Waals surface area contributed by atoms with Crippen LogP contribution in [0.15, 0.2) is 11.7 Å². The molecule has 2 atom stereocenters. The van der Waals surface area contributed by atoms with Crippen LogP contribution in [0.3, 0.4) is 0 Å². The summed E-state index contributed by atoms with van der Waals surface area (Å²) in [7, 11) is 1.80. The van der Waals surface area contributed by atoms with E-state index in [1.165, 1.54) is 4.88 Å². The van der Waals surface area contributed by atoms with Crippen molar-refractivity contribution in [1.82, 2.24) is 10.3 Å². The minimum Gasteiger partial charge on any atom is -0.377 e. The second kappa shape index (κ2) is 7.09. The Labute approximate surface area is 109 Å². The maximum absolute atomic E-state index is 5.72. The molecule has 1 N–H and O–H groups in total. The van der Waals surface area contributed by atoms with E-state index < -0.39 is 0 Å². The summed E-state index contributed by atoms with van der Waals surface area (Å²) in [6, 6.07) is 0.345. The Kier molecular flexibility index (Phi) is 6.09. The fourth-order valence-corrected chi connectivity index (χ4v) is 2.54. The monoisotopic (exact) mass is 256 g/mol. The zero-order chi connectivity index (χ0) is 12.7. The van der Waals surface area contributed by atoms with Crippen molar-refractivity contribution in [1.29, 1.82) is 0 Å². The molecule has 0 amide bonds. The summed E-state index contributed by atoms with van der Waals surface area (Å²) in [5.74, 6) is 0. The molecule has 1 aromatic heterocycles. The SMILES string of the molecule is CCCNC(Cc1cncs1)C(C)(CC)OC. The standard InChI is InChI=1S/C13H24N2OS/c1-5-7-15-12(13(3,6-2)16-4)8-11-9-14-10-17-11/h9-10,12,15H,5-8H2,1-4H3. The average Bonchev–Trinajstić information content (AvgIpc) is 2.86. The molecular weight excluding hydrogens is 232 g/mol. The summed E-state index contributed by atoms with van der Waals surface area (Å²) < 4.78 is 5.72. The first-order valence-corrected chi connectivity index (χ1v) is 7.20. The summed E-state index contributed by atoms with van der Waals surface area (Å²) in [4.78, 5) is 5.45. The largest absolute Gasteiger partial charge is 0.377 e. The highest BCUT2D eigenvalue weighted by atomic mass is 32.1. The first kappa shape index (κ1) is 14.6. The van der Waals surface area contributed by atoms with Crippen LogP contribution in [0.25, 0.3) is 0 Å². The number of rotatable bonds is 8. The molecule has 1 heterocycles. The highest BCUT2D eigenvalue weighted by molar-refractivity contribution is 7.09. The number of hydrogen-bond acceptors (Lipinski definition) is 4. The molecule has 4 heteroatoms. The Bertz CT molecular complexity index is 296. The lowest BCUT2D eigenvalue weighted by Gasteiger charge is -2.36. The van der Waals surface area contributed by atoms with Gasteiger partial charge in [0.2, 0.25) is 0 Å². The molecular formula is C13H24N2OS. The van der Waals surface area contributed by atoms with Crippen LogP contribution in [0, 0.1) is 0 Å². The minimum absolute atomic E-state index is 0.112. The summed E-state index contributed by atoms with van der Waals surface area (Å²) in [6.45, 7) is 7.58. The average molecular weight is 256 g/mol. The Morgan fingerprint density at radius 1 is 1.53 bits per heavy atom. The van der Waals surface area contributed by atoms with Crippen molar-refractivity contribution in [3.05, 3.63) is 16.6 Å². The number of methoxy groups -OCH3 is 1. The number of ether oxygens (including phenoxy) is 1. The molecule has 17 heavy (non-hydrogen) atoms. The van der Waals surface area contributed by atoms with E-state index in [1.54, 1.807) is 18.4 Å². The molecule has 2 unspecified atom stereocenters. The Balaban J connectivity index is 2.71. The van der Waals surface area contributed by atoms with Crippen molar-refractivity contribution in [3.63, 3.8) is 0 Å². The van der Waals surface area contributed by atoms with Gasteiger partial charge in [-0.15, -0.1) is 11.3 Å². The molecule has 0 aliphatic carbocycles. The second-order valence-corrected chi connectivity index (χ2v) is 5.52. The molecule has 0 fully saturated rings. The number of thiazole rings is 1. The van der Waals surface area contributed by atoms with Gasteiger partial charge in [0.15, 0.2) is 0 Å². The highest BCUT2D eigenvalue weighted by Crippen LogP contribution is 2.23. The van der Waals surface area contributed by atoms with E-state index in [2.05, 4.69) is 31.1 Å². The van der Waals surface area contributed by atoms with Gasteiger partial charge >= 0.3 is 0 Å². The lowest BCUT2D eigenvalue weighted by Crippen LogP contribution is -2.51. The normalized spacial score (nSPS) is 16.7. The molecule has 0 spiro atoms. The van der Waals surface area contributed by atoms with Gasteiger partial charge in [-0.2, -0.15) is 0 Å². The van der Waals surface area contributed by atoms with Crippen LogP contribution in [0.2, 0.25) is 0 Å².